The molecule has 2 aromatic carbocycles. The first-order chi connectivity index (χ1) is 9.92. The van der Waals surface area contributed by atoms with Crippen molar-refractivity contribution < 1.29 is 4.74 Å². The number of benzene rings is 2. The van der Waals surface area contributed by atoms with Crippen LogP contribution in [0.2, 0.25) is 0 Å². The van der Waals surface area contributed by atoms with Crippen LogP contribution in [-0.4, -0.2) is 17.5 Å². The van der Waals surface area contributed by atoms with Crippen molar-refractivity contribution in [3.8, 4) is 11.5 Å². The van der Waals surface area contributed by atoms with E-state index in [-0.39, 0.29) is 6.04 Å². The molecule has 1 saturated heterocycles. The standard InChI is InChI=1S/C17H17NOS/c1-3-7-15-13(5-1)17(18-12-9-10-20-11-12)14-6-2-4-8-16(14)19-15/h1-8,12,17-18H,9-11H2. The van der Waals surface area contributed by atoms with E-state index >= 15 is 0 Å². The fraction of sp³-hybridized carbons (Fsp3) is 0.294. The number of hydrogen-bond acceptors (Lipinski definition) is 3. The molecule has 0 spiro atoms. The number of thioether (sulfide) groups is 1. The Balaban J connectivity index is 1.75. The second-order valence-electron chi connectivity index (χ2n) is 5.34. The molecular weight excluding hydrogens is 266 g/mol. The van der Waals surface area contributed by atoms with Gasteiger partial charge in [-0.1, -0.05) is 36.4 Å². The molecule has 4 rings (SSSR count). The molecule has 2 aliphatic heterocycles. The minimum Gasteiger partial charge on any atom is -0.457 e. The van der Waals surface area contributed by atoms with E-state index < -0.39 is 0 Å². The molecule has 2 heterocycles. The van der Waals surface area contributed by atoms with Gasteiger partial charge in [0.05, 0.1) is 6.04 Å². The zero-order valence-corrected chi connectivity index (χ0v) is 12.0. The number of para-hydroxylation sites is 2. The lowest BCUT2D eigenvalue weighted by Gasteiger charge is -2.30. The molecule has 1 N–H and O–H groups in total. The second kappa shape index (κ2) is 5.15. The summed E-state index contributed by atoms with van der Waals surface area (Å²) in [5, 5.41) is 3.83. The van der Waals surface area contributed by atoms with Gasteiger partial charge in [-0.05, 0) is 24.3 Å². The van der Waals surface area contributed by atoms with Gasteiger partial charge in [-0.3, -0.25) is 0 Å². The molecule has 20 heavy (non-hydrogen) atoms. The third-order valence-electron chi connectivity index (χ3n) is 4.01. The van der Waals surface area contributed by atoms with Crippen LogP contribution in [0.3, 0.4) is 0 Å². The Labute approximate surface area is 123 Å². The number of ether oxygens (including phenoxy) is 1. The van der Waals surface area contributed by atoms with E-state index in [0.29, 0.717) is 6.04 Å². The van der Waals surface area contributed by atoms with Gasteiger partial charge >= 0.3 is 0 Å². The lowest BCUT2D eigenvalue weighted by atomic mass is 9.94. The summed E-state index contributed by atoms with van der Waals surface area (Å²) in [5.74, 6) is 4.44. The van der Waals surface area contributed by atoms with Crippen LogP contribution in [0.4, 0.5) is 0 Å². The van der Waals surface area contributed by atoms with Crippen molar-refractivity contribution in [1.82, 2.24) is 5.32 Å². The summed E-state index contributed by atoms with van der Waals surface area (Å²) in [6.45, 7) is 0. The molecule has 0 saturated carbocycles. The summed E-state index contributed by atoms with van der Waals surface area (Å²) in [5.41, 5.74) is 2.51. The highest BCUT2D eigenvalue weighted by molar-refractivity contribution is 7.99. The first kappa shape index (κ1) is 12.3. The average molecular weight is 283 g/mol. The minimum absolute atomic E-state index is 0.250. The average Bonchev–Trinajstić information content (AvgIpc) is 3.00. The molecule has 2 aliphatic rings. The van der Waals surface area contributed by atoms with Gasteiger partial charge in [-0.15, -0.1) is 0 Å². The van der Waals surface area contributed by atoms with E-state index in [0.717, 1.165) is 11.5 Å². The van der Waals surface area contributed by atoms with Crippen LogP contribution in [0.5, 0.6) is 11.5 Å². The van der Waals surface area contributed by atoms with Crippen molar-refractivity contribution in [3.63, 3.8) is 0 Å². The lowest BCUT2D eigenvalue weighted by molar-refractivity contribution is 0.412. The summed E-state index contributed by atoms with van der Waals surface area (Å²) in [6.07, 6.45) is 1.26. The molecular formula is C17H17NOS. The zero-order valence-electron chi connectivity index (χ0n) is 11.2. The van der Waals surface area contributed by atoms with Gasteiger partial charge < -0.3 is 10.1 Å². The van der Waals surface area contributed by atoms with Gasteiger partial charge in [-0.25, -0.2) is 0 Å². The Bertz CT molecular complexity index is 576. The summed E-state index contributed by atoms with van der Waals surface area (Å²) < 4.78 is 6.03. The van der Waals surface area contributed by atoms with Gasteiger partial charge in [0.25, 0.3) is 0 Å². The van der Waals surface area contributed by atoms with Gasteiger partial charge in [0.1, 0.15) is 11.5 Å². The van der Waals surface area contributed by atoms with Crippen molar-refractivity contribution in [3.05, 3.63) is 59.7 Å². The quantitative estimate of drug-likeness (QED) is 0.901. The van der Waals surface area contributed by atoms with E-state index in [1.807, 2.05) is 23.9 Å². The van der Waals surface area contributed by atoms with Crippen molar-refractivity contribution in [2.75, 3.05) is 11.5 Å². The van der Waals surface area contributed by atoms with Crippen molar-refractivity contribution >= 4 is 11.8 Å². The van der Waals surface area contributed by atoms with Crippen LogP contribution >= 0.6 is 11.8 Å². The van der Waals surface area contributed by atoms with Gasteiger partial charge in [-0.2, -0.15) is 11.8 Å². The van der Waals surface area contributed by atoms with Gasteiger partial charge in [0.15, 0.2) is 0 Å². The zero-order chi connectivity index (χ0) is 13.4. The van der Waals surface area contributed by atoms with E-state index in [2.05, 4.69) is 41.7 Å². The molecule has 0 amide bonds. The maximum absolute atomic E-state index is 6.03. The highest BCUT2D eigenvalue weighted by Crippen LogP contribution is 2.43. The fourth-order valence-electron chi connectivity index (χ4n) is 2.99. The molecule has 0 aromatic heterocycles. The fourth-order valence-corrected chi connectivity index (χ4v) is 4.16. The Kier molecular flexibility index (Phi) is 3.17. The van der Waals surface area contributed by atoms with Crippen LogP contribution in [0.1, 0.15) is 23.6 Å². The van der Waals surface area contributed by atoms with E-state index in [1.165, 1.54) is 29.1 Å². The number of rotatable bonds is 2. The summed E-state index contributed by atoms with van der Waals surface area (Å²) in [7, 11) is 0. The minimum atomic E-state index is 0.250. The highest BCUT2D eigenvalue weighted by Gasteiger charge is 2.29. The molecule has 1 atom stereocenters. The smallest absolute Gasteiger partial charge is 0.132 e. The molecule has 2 nitrogen and oxygen atoms in total. The molecule has 0 aliphatic carbocycles. The number of hydrogen-bond donors (Lipinski definition) is 1. The van der Waals surface area contributed by atoms with Crippen LogP contribution in [0.25, 0.3) is 0 Å². The van der Waals surface area contributed by atoms with Crippen LogP contribution < -0.4 is 10.1 Å². The van der Waals surface area contributed by atoms with Crippen LogP contribution in [-0.2, 0) is 0 Å². The van der Waals surface area contributed by atoms with E-state index in [1.54, 1.807) is 0 Å². The maximum Gasteiger partial charge on any atom is 0.132 e. The third kappa shape index (κ3) is 2.11. The SMILES string of the molecule is c1ccc2c(c1)Oc1ccccc1C2NC1CCSC1. The molecule has 2 aromatic rings. The van der Waals surface area contributed by atoms with E-state index in [4.69, 9.17) is 4.74 Å². The van der Waals surface area contributed by atoms with Crippen molar-refractivity contribution in [2.45, 2.75) is 18.5 Å². The maximum atomic E-state index is 6.03. The highest BCUT2D eigenvalue weighted by atomic mass is 32.2. The largest absolute Gasteiger partial charge is 0.457 e. The first-order valence-electron chi connectivity index (χ1n) is 7.11. The molecule has 0 radical (unpaired) electrons. The molecule has 0 bridgehead atoms. The van der Waals surface area contributed by atoms with Crippen LogP contribution in [0.15, 0.2) is 48.5 Å². The summed E-state index contributed by atoms with van der Waals surface area (Å²) in [6, 6.07) is 17.6. The van der Waals surface area contributed by atoms with Crippen molar-refractivity contribution in [2.24, 2.45) is 0 Å². The second-order valence-corrected chi connectivity index (χ2v) is 6.49. The lowest BCUT2D eigenvalue weighted by Crippen LogP contribution is -2.34. The van der Waals surface area contributed by atoms with Gasteiger partial charge in [0, 0.05) is 22.9 Å². The van der Waals surface area contributed by atoms with E-state index in [9.17, 15) is 0 Å². The normalized spacial score (nSPS) is 21.1. The number of nitrogens with one attached hydrogen (secondary N) is 1. The third-order valence-corrected chi connectivity index (χ3v) is 5.17. The Morgan fingerprint density at radius 1 is 0.950 bits per heavy atom. The Morgan fingerprint density at radius 3 is 2.20 bits per heavy atom. The summed E-state index contributed by atoms with van der Waals surface area (Å²) >= 11 is 2.04. The first-order valence-corrected chi connectivity index (χ1v) is 8.27. The summed E-state index contributed by atoms with van der Waals surface area (Å²) in [4.78, 5) is 0. The molecule has 1 unspecified atom stereocenters. The van der Waals surface area contributed by atoms with Crippen molar-refractivity contribution in [1.29, 1.82) is 0 Å². The topological polar surface area (TPSA) is 21.3 Å². The molecule has 1 fully saturated rings. The van der Waals surface area contributed by atoms with Gasteiger partial charge in [0.2, 0.25) is 0 Å². The molecule has 3 heteroatoms. The predicted octanol–water partition coefficient (Wildman–Crippen LogP) is 3.98. The predicted molar refractivity (Wildman–Crippen MR) is 83.7 cm³/mol. The van der Waals surface area contributed by atoms with Crippen LogP contribution in [0, 0.1) is 0 Å². The number of fused-ring (bicyclic) bond motifs is 2. The Hall–Kier alpha value is -1.45. The monoisotopic (exact) mass is 283 g/mol. The Morgan fingerprint density at radius 2 is 1.60 bits per heavy atom. The molecule has 102 valence electrons.